The van der Waals surface area contributed by atoms with Crippen LogP contribution in [0.2, 0.25) is 0 Å². The van der Waals surface area contributed by atoms with E-state index in [9.17, 15) is 4.39 Å². The first-order chi connectivity index (χ1) is 6.76. The number of halogens is 1. The molecule has 0 aliphatic carbocycles. The third kappa shape index (κ3) is 3.46. The van der Waals surface area contributed by atoms with E-state index in [0.29, 0.717) is 5.92 Å². The van der Waals surface area contributed by atoms with Gasteiger partial charge in [-0.05, 0) is 36.5 Å². The molecule has 1 aromatic rings. The van der Waals surface area contributed by atoms with Crippen LogP contribution in [0.15, 0.2) is 24.3 Å². The zero-order valence-electron chi connectivity index (χ0n) is 8.54. The average molecular weight is 196 g/mol. The Morgan fingerprint density at radius 1 is 1.43 bits per heavy atom. The van der Waals surface area contributed by atoms with Gasteiger partial charge in [0.2, 0.25) is 0 Å². The van der Waals surface area contributed by atoms with Crippen molar-refractivity contribution in [3.63, 3.8) is 0 Å². The highest BCUT2D eigenvalue weighted by Gasteiger charge is 2.04. The smallest absolute Gasteiger partial charge is 0.123 e. The maximum Gasteiger partial charge on any atom is 0.123 e. The Bertz CT molecular complexity index is 269. The zero-order chi connectivity index (χ0) is 10.4. The van der Waals surface area contributed by atoms with Crippen molar-refractivity contribution >= 4 is 0 Å². The van der Waals surface area contributed by atoms with Crippen molar-refractivity contribution in [2.75, 3.05) is 6.61 Å². The predicted octanol–water partition coefficient (Wildman–Crippen LogP) is 2.78. The normalized spacial score (nSPS) is 12.8. The number of hydrogen-bond acceptors (Lipinski definition) is 1. The zero-order valence-corrected chi connectivity index (χ0v) is 8.54. The molecule has 0 amide bonds. The van der Waals surface area contributed by atoms with Crippen LogP contribution in [0.25, 0.3) is 0 Å². The van der Waals surface area contributed by atoms with Crippen LogP contribution in [0.1, 0.15) is 25.3 Å². The first-order valence-electron chi connectivity index (χ1n) is 5.11. The van der Waals surface area contributed by atoms with Crippen molar-refractivity contribution in [3.05, 3.63) is 35.6 Å². The fraction of sp³-hybridized carbons (Fsp3) is 0.500. The molecular formula is C12H17FO. The van der Waals surface area contributed by atoms with Crippen molar-refractivity contribution in [2.24, 2.45) is 5.92 Å². The molecule has 0 radical (unpaired) electrons. The largest absolute Gasteiger partial charge is 0.396 e. The Morgan fingerprint density at radius 3 is 2.79 bits per heavy atom. The molecule has 0 saturated heterocycles. The molecule has 1 rings (SSSR count). The number of rotatable bonds is 5. The summed E-state index contributed by atoms with van der Waals surface area (Å²) in [4.78, 5) is 0. The second kappa shape index (κ2) is 5.76. The van der Waals surface area contributed by atoms with Crippen LogP contribution in [0, 0.1) is 11.7 Å². The van der Waals surface area contributed by atoms with Crippen LogP contribution in [0.4, 0.5) is 4.39 Å². The third-order valence-corrected chi connectivity index (χ3v) is 2.57. The Morgan fingerprint density at radius 2 is 2.21 bits per heavy atom. The summed E-state index contributed by atoms with van der Waals surface area (Å²) >= 11 is 0. The summed E-state index contributed by atoms with van der Waals surface area (Å²) in [6.45, 7) is 2.29. The average Bonchev–Trinajstić information content (AvgIpc) is 2.19. The fourth-order valence-electron chi connectivity index (χ4n) is 1.49. The third-order valence-electron chi connectivity index (χ3n) is 2.57. The van der Waals surface area contributed by atoms with Gasteiger partial charge in [0.05, 0.1) is 0 Å². The van der Waals surface area contributed by atoms with Crippen molar-refractivity contribution in [1.29, 1.82) is 0 Å². The molecule has 0 spiro atoms. The van der Waals surface area contributed by atoms with E-state index in [0.717, 1.165) is 24.8 Å². The molecule has 0 bridgehead atoms. The molecular weight excluding hydrogens is 179 g/mol. The molecule has 0 aliphatic rings. The molecule has 1 aromatic carbocycles. The SMILES string of the molecule is CCC(CO)CCc1cccc(F)c1. The summed E-state index contributed by atoms with van der Waals surface area (Å²) in [5.74, 6) is 0.165. The second-order valence-corrected chi connectivity index (χ2v) is 3.63. The highest BCUT2D eigenvalue weighted by molar-refractivity contribution is 5.16. The monoisotopic (exact) mass is 196 g/mol. The molecule has 1 N–H and O–H groups in total. The summed E-state index contributed by atoms with van der Waals surface area (Å²) in [7, 11) is 0. The van der Waals surface area contributed by atoms with Gasteiger partial charge >= 0.3 is 0 Å². The van der Waals surface area contributed by atoms with Gasteiger partial charge in [0.1, 0.15) is 5.82 Å². The summed E-state index contributed by atoms with van der Waals surface area (Å²) in [5, 5.41) is 8.98. The Hall–Kier alpha value is -0.890. The van der Waals surface area contributed by atoms with E-state index in [2.05, 4.69) is 6.92 Å². The van der Waals surface area contributed by atoms with E-state index in [1.54, 1.807) is 12.1 Å². The van der Waals surface area contributed by atoms with Gasteiger partial charge in [-0.2, -0.15) is 0 Å². The number of aryl methyl sites for hydroxylation is 1. The second-order valence-electron chi connectivity index (χ2n) is 3.63. The van der Waals surface area contributed by atoms with E-state index >= 15 is 0 Å². The van der Waals surface area contributed by atoms with Gasteiger partial charge in [-0.15, -0.1) is 0 Å². The van der Waals surface area contributed by atoms with Crippen molar-refractivity contribution < 1.29 is 9.50 Å². The van der Waals surface area contributed by atoms with Crippen molar-refractivity contribution in [1.82, 2.24) is 0 Å². The Kier molecular flexibility index (Phi) is 4.60. The molecule has 0 fully saturated rings. The maximum absolute atomic E-state index is 12.8. The summed E-state index contributed by atoms with van der Waals surface area (Å²) in [6, 6.07) is 6.66. The first kappa shape index (κ1) is 11.2. The lowest BCUT2D eigenvalue weighted by molar-refractivity contribution is 0.215. The van der Waals surface area contributed by atoms with E-state index in [1.807, 2.05) is 6.07 Å². The number of hydrogen-bond donors (Lipinski definition) is 1. The van der Waals surface area contributed by atoms with Crippen LogP contribution >= 0.6 is 0 Å². The molecule has 0 heterocycles. The molecule has 2 heteroatoms. The van der Waals surface area contributed by atoms with Gasteiger partial charge in [0.15, 0.2) is 0 Å². The van der Waals surface area contributed by atoms with Crippen LogP contribution in [-0.2, 0) is 6.42 Å². The summed E-state index contributed by atoms with van der Waals surface area (Å²) in [5.41, 5.74) is 1.01. The number of aliphatic hydroxyl groups is 1. The Balaban J connectivity index is 2.44. The quantitative estimate of drug-likeness (QED) is 0.767. The maximum atomic E-state index is 12.8. The molecule has 0 aliphatic heterocycles. The molecule has 1 atom stereocenters. The fourth-order valence-corrected chi connectivity index (χ4v) is 1.49. The van der Waals surface area contributed by atoms with E-state index in [-0.39, 0.29) is 12.4 Å². The van der Waals surface area contributed by atoms with Crippen LogP contribution < -0.4 is 0 Å². The molecule has 78 valence electrons. The number of aliphatic hydroxyl groups excluding tert-OH is 1. The van der Waals surface area contributed by atoms with E-state index in [4.69, 9.17) is 5.11 Å². The standard InChI is InChI=1S/C12H17FO/c1-2-10(9-14)6-7-11-4-3-5-12(13)8-11/h3-5,8,10,14H,2,6-7,9H2,1H3. The van der Waals surface area contributed by atoms with Gasteiger partial charge in [0.25, 0.3) is 0 Å². The van der Waals surface area contributed by atoms with Gasteiger partial charge in [-0.3, -0.25) is 0 Å². The molecule has 14 heavy (non-hydrogen) atoms. The van der Waals surface area contributed by atoms with Gasteiger partial charge < -0.3 is 5.11 Å². The van der Waals surface area contributed by atoms with E-state index < -0.39 is 0 Å². The molecule has 1 nitrogen and oxygen atoms in total. The minimum Gasteiger partial charge on any atom is -0.396 e. The van der Waals surface area contributed by atoms with Crippen molar-refractivity contribution in [2.45, 2.75) is 26.2 Å². The highest BCUT2D eigenvalue weighted by Crippen LogP contribution is 2.13. The van der Waals surface area contributed by atoms with Gasteiger partial charge in [-0.1, -0.05) is 25.5 Å². The minimum atomic E-state index is -0.181. The van der Waals surface area contributed by atoms with Crippen LogP contribution in [-0.4, -0.2) is 11.7 Å². The lowest BCUT2D eigenvalue weighted by Gasteiger charge is -2.10. The lowest BCUT2D eigenvalue weighted by atomic mass is 9.98. The van der Waals surface area contributed by atoms with Crippen LogP contribution in [0.3, 0.4) is 0 Å². The predicted molar refractivity (Wildman–Crippen MR) is 55.6 cm³/mol. The lowest BCUT2D eigenvalue weighted by Crippen LogP contribution is -2.05. The molecule has 0 aromatic heterocycles. The highest BCUT2D eigenvalue weighted by atomic mass is 19.1. The van der Waals surface area contributed by atoms with Crippen LogP contribution in [0.5, 0.6) is 0 Å². The Labute approximate surface area is 84.6 Å². The summed E-state index contributed by atoms with van der Waals surface area (Å²) < 4.78 is 12.8. The number of benzene rings is 1. The summed E-state index contributed by atoms with van der Waals surface area (Å²) in [6.07, 6.45) is 2.75. The topological polar surface area (TPSA) is 20.2 Å². The van der Waals surface area contributed by atoms with Gasteiger partial charge in [-0.25, -0.2) is 4.39 Å². The van der Waals surface area contributed by atoms with Gasteiger partial charge in [0, 0.05) is 6.61 Å². The molecule has 1 unspecified atom stereocenters. The van der Waals surface area contributed by atoms with Crippen molar-refractivity contribution in [3.8, 4) is 0 Å². The minimum absolute atomic E-state index is 0.181. The molecule has 0 saturated carbocycles. The van der Waals surface area contributed by atoms with E-state index in [1.165, 1.54) is 6.07 Å². The first-order valence-corrected chi connectivity index (χ1v) is 5.11.